The molecule has 0 fully saturated rings. The number of anilines is 4. The largest absolute Gasteiger partial charge is 0.416 e. The van der Waals surface area contributed by atoms with Crippen molar-refractivity contribution < 1.29 is 18.0 Å². The number of nitrogens with zero attached hydrogens (tertiary/aromatic N) is 4. The molecule has 0 atom stereocenters. The van der Waals surface area contributed by atoms with Gasteiger partial charge in [-0.1, -0.05) is 74.1 Å². The minimum atomic E-state index is -4.45. The number of carbonyl (C=O) groups is 1. The van der Waals surface area contributed by atoms with Gasteiger partial charge in [-0.15, -0.1) is 0 Å². The summed E-state index contributed by atoms with van der Waals surface area (Å²) < 4.78 is 39.6. The van der Waals surface area contributed by atoms with Crippen LogP contribution in [-0.2, 0) is 23.8 Å². The van der Waals surface area contributed by atoms with Gasteiger partial charge < -0.3 is 14.7 Å². The van der Waals surface area contributed by atoms with Crippen LogP contribution in [0.3, 0.4) is 0 Å². The molecule has 9 heteroatoms. The Bertz CT molecular complexity index is 1640. The summed E-state index contributed by atoms with van der Waals surface area (Å²) in [4.78, 5) is 22.9. The van der Waals surface area contributed by atoms with Gasteiger partial charge in [-0.2, -0.15) is 13.2 Å². The first-order chi connectivity index (χ1) is 23.1. The number of hydrogen-bond donors (Lipinski definition) is 0. The molecule has 4 aromatic rings. The van der Waals surface area contributed by atoms with Crippen molar-refractivity contribution in [1.82, 2.24) is 9.80 Å². The molecule has 0 N–H and O–H groups in total. The second kappa shape index (κ2) is 16.1. The number of alkyl halides is 3. The van der Waals surface area contributed by atoms with Crippen LogP contribution in [0.15, 0.2) is 101 Å². The fraction of sp³-hybridized carbons (Fsp3) is 0.359. The van der Waals surface area contributed by atoms with Gasteiger partial charge >= 0.3 is 6.18 Å². The Labute approximate surface area is 287 Å². The number of benzene rings is 4. The van der Waals surface area contributed by atoms with E-state index >= 15 is 0 Å². The second-order valence-corrected chi connectivity index (χ2v) is 13.4. The van der Waals surface area contributed by atoms with Crippen molar-refractivity contribution in [3.63, 3.8) is 0 Å². The average Bonchev–Trinajstić information content (AvgIpc) is 3.24. The van der Waals surface area contributed by atoms with Crippen molar-refractivity contribution >= 4 is 40.4 Å². The number of halogens is 3. The summed E-state index contributed by atoms with van der Waals surface area (Å²) in [6.07, 6.45) is -0.757. The third-order valence-electron chi connectivity index (χ3n) is 8.85. The van der Waals surface area contributed by atoms with Gasteiger partial charge in [0.05, 0.1) is 16.9 Å². The molecule has 48 heavy (non-hydrogen) atoms. The zero-order valence-corrected chi connectivity index (χ0v) is 29.1. The Morgan fingerprint density at radius 1 is 0.750 bits per heavy atom. The third kappa shape index (κ3) is 8.43. The van der Waals surface area contributed by atoms with E-state index in [-0.39, 0.29) is 12.3 Å². The van der Waals surface area contributed by atoms with Crippen LogP contribution in [0.5, 0.6) is 0 Å². The number of aryl methyl sites for hydroxylation is 2. The van der Waals surface area contributed by atoms with E-state index in [0.717, 1.165) is 56.0 Å². The van der Waals surface area contributed by atoms with E-state index < -0.39 is 11.7 Å². The molecule has 1 amide bonds. The molecule has 0 unspecified atom stereocenters. The standard InChI is InChI=1S/C20H21F3N2OS.C19H24N2/c1-3-24(4-2)12-11-19(26)25-15-7-5-6-8-17(15)27-18-10-9-14(13-16(18)25)20(21,22)23;1-20(2)14-7-15-21-18-10-5-3-8-16(18)12-13-17-9-4-6-11-19(17)21/h5-10,13H,3-4,11-12H2,1-2H3;3-6,8-11H,7,12-15H2,1-2H3. The van der Waals surface area contributed by atoms with Crippen LogP contribution in [0.2, 0.25) is 0 Å². The number of fused-ring (bicyclic) bond motifs is 4. The van der Waals surface area contributed by atoms with Gasteiger partial charge in [0, 0.05) is 40.7 Å². The van der Waals surface area contributed by atoms with Crippen molar-refractivity contribution in [3.8, 4) is 0 Å². The van der Waals surface area contributed by atoms with Crippen molar-refractivity contribution in [3.05, 3.63) is 108 Å². The highest BCUT2D eigenvalue weighted by molar-refractivity contribution is 7.99. The maximum absolute atomic E-state index is 13.2. The number of rotatable bonds is 9. The van der Waals surface area contributed by atoms with E-state index in [2.05, 4.69) is 77.3 Å². The molecular weight excluding hydrogens is 630 g/mol. The minimum Gasteiger partial charge on any atom is -0.341 e. The lowest BCUT2D eigenvalue weighted by molar-refractivity contribution is -0.137. The molecule has 2 aliphatic rings. The molecule has 0 radical (unpaired) electrons. The van der Waals surface area contributed by atoms with Crippen LogP contribution in [0.4, 0.5) is 35.9 Å². The molecule has 6 rings (SSSR count). The molecule has 0 aromatic heterocycles. The minimum absolute atomic E-state index is 0.199. The van der Waals surface area contributed by atoms with Crippen molar-refractivity contribution in [2.45, 2.75) is 55.5 Å². The van der Waals surface area contributed by atoms with Gasteiger partial charge in [-0.05, 0) is 107 Å². The highest BCUT2D eigenvalue weighted by atomic mass is 32.2. The smallest absolute Gasteiger partial charge is 0.341 e. The first-order valence-corrected chi connectivity index (χ1v) is 17.5. The monoisotopic (exact) mass is 674 g/mol. The van der Waals surface area contributed by atoms with E-state index in [1.807, 2.05) is 26.0 Å². The van der Waals surface area contributed by atoms with Crippen molar-refractivity contribution in [2.75, 3.05) is 56.6 Å². The molecular formula is C39H45F3N4OS. The van der Waals surface area contributed by atoms with Crippen LogP contribution >= 0.6 is 11.8 Å². The van der Waals surface area contributed by atoms with E-state index in [4.69, 9.17) is 0 Å². The zero-order chi connectivity index (χ0) is 34.3. The molecule has 4 aromatic carbocycles. The van der Waals surface area contributed by atoms with Crippen LogP contribution in [-0.4, -0.2) is 62.5 Å². The van der Waals surface area contributed by atoms with Crippen molar-refractivity contribution in [1.29, 1.82) is 0 Å². The molecule has 2 aliphatic heterocycles. The maximum Gasteiger partial charge on any atom is 0.416 e. The molecule has 5 nitrogen and oxygen atoms in total. The zero-order valence-electron chi connectivity index (χ0n) is 28.3. The van der Waals surface area contributed by atoms with Gasteiger partial charge in [0.25, 0.3) is 0 Å². The first-order valence-electron chi connectivity index (χ1n) is 16.7. The predicted octanol–water partition coefficient (Wildman–Crippen LogP) is 9.44. The van der Waals surface area contributed by atoms with E-state index in [1.54, 1.807) is 12.1 Å². The lowest BCUT2D eigenvalue weighted by Gasteiger charge is -2.32. The SMILES string of the molecule is CCN(CC)CCC(=O)N1c2ccccc2Sc2ccc(C(F)(F)F)cc21.CN(C)CCCN1c2ccccc2CCc2ccccc21. The summed E-state index contributed by atoms with van der Waals surface area (Å²) in [6.45, 7) is 8.46. The summed E-state index contributed by atoms with van der Waals surface area (Å²) in [5, 5.41) is 0. The van der Waals surface area contributed by atoms with Crippen molar-refractivity contribution in [2.24, 2.45) is 0 Å². The molecule has 2 heterocycles. The highest BCUT2D eigenvalue weighted by Gasteiger charge is 2.34. The Morgan fingerprint density at radius 2 is 1.31 bits per heavy atom. The van der Waals surface area contributed by atoms with E-state index in [9.17, 15) is 18.0 Å². The Balaban J connectivity index is 0.000000194. The first kappa shape index (κ1) is 35.5. The van der Waals surface area contributed by atoms with E-state index in [1.165, 1.54) is 51.7 Å². The van der Waals surface area contributed by atoms with Crippen LogP contribution in [0.1, 0.15) is 43.4 Å². The van der Waals surface area contributed by atoms with Gasteiger partial charge in [-0.25, -0.2) is 0 Å². The number of hydrogen-bond acceptors (Lipinski definition) is 5. The fourth-order valence-corrected chi connectivity index (χ4v) is 7.30. The highest BCUT2D eigenvalue weighted by Crippen LogP contribution is 2.49. The predicted molar refractivity (Wildman–Crippen MR) is 192 cm³/mol. The molecule has 0 aliphatic carbocycles. The summed E-state index contributed by atoms with van der Waals surface area (Å²) in [5.41, 5.74) is 5.92. The Hall–Kier alpha value is -3.79. The van der Waals surface area contributed by atoms with Crippen LogP contribution < -0.4 is 9.80 Å². The summed E-state index contributed by atoms with van der Waals surface area (Å²) in [6, 6.07) is 28.6. The summed E-state index contributed by atoms with van der Waals surface area (Å²) in [5.74, 6) is -0.199. The average molecular weight is 675 g/mol. The van der Waals surface area contributed by atoms with Crippen LogP contribution in [0.25, 0.3) is 0 Å². The molecule has 0 saturated heterocycles. The lowest BCUT2D eigenvalue weighted by atomic mass is 10.0. The molecule has 0 spiro atoms. The Morgan fingerprint density at radius 3 is 1.90 bits per heavy atom. The topological polar surface area (TPSA) is 30.0 Å². The fourth-order valence-electron chi connectivity index (χ4n) is 6.26. The van der Waals surface area contributed by atoms with Gasteiger partial charge in [0.2, 0.25) is 5.91 Å². The van der Waals surface area contributed by atoms with Crippen LogP contribution in [0, 0.1) is 0 Å². The van der Waals surface area contributed by atoms with Gasteiger partial charge in [0.1, 0.15) is 0 Å². The molecule has 0 saturated carbocycles. The number of amides is 1. The maximum atomic E-state index is 13.2. The molecule has 254 valence electrons. The number of para-hydroxylation sites is 3. The van der Waals surface area contributed by atoms with Gasteiger partial charge in [0.15, 0.2) is 0 Å². The third-order valence-corrected chi connectivity index (χ3v) is 9.98. The number of carbonyl (C=O) groups excluding carboxylic acids is 1. The Kier molecular flexibility index (Phi) is 11.9. The quantitative estimate of drug-likeness (QED) is 0.177. The van der Waals surface area contributed by atoms with E-state index in [0.29, 0.717) is 22.8 Å². The summed E-state index contributed by atoms with van der Waals surface area (Å²) >= 11 is 1.38. The lowest BCUT2D eigenvalue weighted by Crippen LogP contribution is -2.33. The summed E-state index contributed by atoms with van der Waals surface area (Å²) in [7, 11) is 4.29. The van der Waals surface area contributed by atoms with Gasteiger partial charge in [-0.3, -0.25) is 9.69 Å². The normalized spacial score (nSPS) is 13.6. The second-order valence-electron chi connectivity index (χ2n) is 12.3. The molecule has 0 bridgehead atoms.